The van der Waals surface area contributed by atoms with E-state index in [0.717, 1.165) is 62.0 Å². The van der Waals surface area contributed by atoms with Gasteiger partial charge in [-0.05, 0) is 110 Å². The first kappa shape index (κ1) is 28.0. The molecule has 1 aromatic carbocycles. The maximum absolute atomic E-state index is 13.3. The zero-order chi connectivity index (χ0) is 26.8. The van der Waals surface area contributed by atoms with Crippen LogP contribution in [0.15, 0.2) is 22.0 Å². The summed E-state index contributed by atoms with van der Waals surface area (Å²) in [6.07, 6.45) is 6.23. The largest absolute Gasteiger partial charge is 0.444 e. The van der Waals surface area contributed by atoms with Crippen molar-refractivity contribution < 1.29 is 14.3 Å². The molecule has 6 nitrogen and oxygen atoms in total. The number of hydrogen-bond acceptors (Lipinski definition) is 5. The second kappa shape index (κ2) is 11.4. The molecule has 0 unspecified atom stereocenters. The second-order valence-electron chi connectivity index (χ2n) is 11.8. The van der Waals surface area contributed by atoms with Crippen LogP contribution >= 0.6 is 27.3 Å². The number of carbonyl (C=O) groups is 2. The number of fused-ring (bicyclic) bond motifs is 1. The fourth-order valence-corrected chi connectivity index (χ4v) is 7.40. The van der Waals surface area contributed by atoms with Gasteiger partial charge in [0, 0.05) is 42.3 Å². The number of ether oxygens (including phenoxy) is 1. The minimum Gasteiger partial charge on any atom is -0.444 e. The summed E-state index contributed by atoms with van der Waals surface area (Å²) in [6.45, 7) is 12.1. The van der Waals surface area contributed by atoms with Gasteiger partial charge < -0.3 is 20.3 Å². The standard InChI is InChI=1S/C29H40BrN3O3S/c1-19-13-22(33-12-9-23-21(17-33)15-24(30)37-23)14-20(2)26(19)32-25(34)16-29(10-7-6-8-11-29)18-31-27(35)36-28(3,4)5/h13-15H,6-12,16-18H2,1-5H3,(H,31,35)(H,32,34). The number of benzene rings is 1. The maximum atomic E-state index is 13.3. The van der Waals surface area contributed by atoms with Crippen LogP contribution in [0.1, 0.15) is 80.9 Å². The van der Waals surface area contributed by atoms with Gasteiger partial charge in [0.25, 0.3) is 0 Å². The predicted molar refractivity (Wildman–Crippen MR) is 156 cm³/mol. The van der Waals surface area contributed by atoms with Crippen molar-refractivity contribution in [3.05, 3.63) is 43.6 Å². The fourth-order valence-electron chi connectivity index (χ4n) is 5.65. The second-order valence-corrected chi connectivity index (χ2v) is 14.3. The number of aryl methyl sites for hydroxylation is 2. The molecular formula is C29H40BrN3O3S. The molecule has 202 valence electrons. The van der Waals surface area contributed by atoms with Gasteiger partial charge in [-0.15, -0.1) is 11.3 Å². The SMILES string of the molecule is Cc1cc(N2CCc3sc(Br)cc3C2)cc(C)c1NC(=O)CC1(CNC(=O)OC(C)(C)C)CCCCC1. The van der Waals surface area contributed by atoms with E-state index in [2.05, 4.69) is 63.5 Å². The average molecular weight is 591 g/mol. The molecule has 0 atom stereocenters. The summed E-state index contributed by atoms with van der Waals surface area (Å²) < 4.78 is 6.63. The predicted octanol–water partition coefficient (Wildman–Crippen LogP) is 7.49. The van der Waals surface area contributed by atoms with E-state index in [0.29, 0.717) is 13.0 Å². The Morgan fingerprint density at radius 3 is 2.43 bits per heavy atom. The number of nitrogens with zero attached hydrogens (tertiary/aromatic N) is 1. The Morgan fingerprint density at radius 2 is 1.78 bits per heavy atom. The molecule has 2 heterocycles. The van der Waals surface area contributed by atoms with Crippen molar-refractivity contribution in [3.63, 3.8) is 0 Å². The lowest BCUT2D eigenvalue weighted by molar-refractivity contribution is -0.119. The summed E-state index contributed by atoms with van der Waals surface area (Å²) in [5, 5.41) is 6.16. The van der Waals surface area contributed by atoms with Crippen molar-refractivity contribution in [2.24, 2.45) is 5.41 Å². The van der Waals surface area contributed by atoms with Crippen LogP contribution in [0.2, 0.25) is 0 Å². The summed E-state index contributed by atoms with van der Waals surface area (Å²) in [5.74, 6) is 0.0116. The van der Waals surface area contributed by atoms with E-state index < -0.39 is 11.7 Å². The van der Waals surface area contributed by atoms with Crippen molar-refractivity contribution in [2.75, 3.05) is 23.3 Å². The van der Waals surface area contributed by atoms with Crippen molar-refractivity contribution in [2.45, 2.75) is 91.7 Å². The van der Waals surface area contributed by atoms with Crippen LogP contribution in [-0.4, -0.2) is 30.7 Å². The Labute approximate surface area is 233 Å². The third kappa shape index (κ3) is 7.29. The number of anilines is 2. The van der Waals surface area contributed by atoms with Crippen LogP contribution < -0.4 is 15.5 Å². The molecule has 1 saturated carbocycles. The summed E-state index contributed by atoms with van der Waals surface area (Å²) >= 11 is 5.46. The summed E-state index contributed by atoms with van der Waals surface area (Å²) in [4.78, 5) is 29.5. The number of nitrogens with one attached hydrogen (secondary N) is 2. The van der Waals surface area contributed by atoms with Crippen molar-refractivity contribution >= 4 is 50.6 Å². The molecule has 2 amide bonds. The van der Waals surface area contributed by atoms with E-state index in [1.54, 1.807) is 0 Å². The lowest BCUT2D eigenvalue weighted by atomic mass is 9.71. The molecule has 1 aliphatic carbocycles. The van der Waals surface area contributed by atoms with Gasteiger partial charge in [-0.2, -0.15) is 0 Å². The number of hydrogen-bond donors (Lipinski definition) is 2. The van der Waals surface area contributed by atoms with E-state index in [1.807, 2.05) is 32.1 Å². The molecule has 0 bridgehead atoms. The number of carbonyl (C=O) groups excluding carboxylic acids is 2. The Balaban J connectivity index is 1.42. The maximum Gasteiger partial charge on any atom is 0.407 e. The number of thiophene rings is 1. The molecule has 1 fully saturated rings. The van der Waals surface area contributed by atoms with Crippen LogP contribution in [0.3, 0.4) is 0 Å². The van der Waals surface area contributed by atoms with Gasteiger partial charge in [0.05, 0.1) is 3.79 Å². The number of alkyl carbamates (subject to hydrolysis) is 1. The van der Waals surface area contributed by atoms with Crippen LogP contribution in [0.25, 0.3) is 0 Å². The first-order valence-corrected chi connectivity index (χ1v) is 14.9. The smallest absolute Gasteiger partial charge is 0.407 e. The fraction of sp³-hybridized carbons (Fsp3) is 0.586. The lowest BCUT2D eigenvalue weighted by Crippen LogP contribution is -2.43. The Bertz CT molecular complexity index is 1120. The molecule has 1 aromatic heterocycles. The van der Waals surface area contributed by atoms with E-state index in [1.165, 1.54) is 26.3 Å². The minimum absolute atomic E-state index is 0.0116. The summed E-state index contributed by atoms with van der Waals surface area (Å²) in [7, 11) is 0. The molecule has 1 aliphatic heterocycles. The van der Waals surface area contributed by atoms with E-state index in [4.69, 9.17) is 4.74 Å². The molecule has 0 radical (unpaired) electrons. The zero-order valence-electron chi connectivity index (χ0n) is 22.8. The van der Waals surface area contributed by atoms with Gasteiger partial charge in [-0.1, -0.05) is 19.3 Å². The van der Waals surface area contributed by atoms with E-state index >= 15 is 0 Å². The molecule has 2 N–H and O–H groups in total. The lowest BCUT2D eigenvalue weighted by Gasteiger charge is -2.37. The van der Waals surface area contributed by atoms with Crippen LogP contribution in [0.4, 0.5) is 16.2 Å². The number of halogens is 1. The van der Waals surface area contributed by atoms with Crippen molar-refractivity contribution in [3.8, 4) is 0 Å². The van der Waals surface area contributed by atoms with Gasteiger partial charge in [0.2, 0.25) is 5.91 Å². The third-order valence-electron chi connectivity index (χ3n) is 7.44. The van der Waals surface area contributed by atoms with Crippen LogP contribution in [0, 0.1) is 19.3 Å². The first-order valence-electron chi connectivity index (χ1n) is 13.3. The molecule has 2 aromatic rings. The number of rotatable bonds is 6. The van der Waals surface area contributed by atoms with Crippen molar-refractivity contribution in [1.29, 1.82) is 0 Å². The molecule has 0 spiro atoms. The van der Waals surface area contributed by atoms with E-state index in [9.17, 15) is 9.59 Å². The Hall–Kier alpha value is -2.06. The molecular weight excluding hydrogens is 550 g/mol. The topological polar surface area (TPSA) is 70.7 Å². The molecule has 37 heavy (non-hydrogen) atoms. The first-order chi connectivity index (χ1) is 17.4. The quantitative estimate of drug-likeness (QED) is 0.366. The highest BCUT2D eigenvalue weighted by Gasteiger charge is 2.35. The van der Waals surface area contributed by atoms with Crippen molar-refractivity contribution in [1.82, 2.24) is 5.32 Å². The highest BCUT2D eigenvalue weighted by atomic mass is 79.9. The summed E-state index contributed by atoms with van der Waals surface area (Å²) in [6, 6.07) is 6.62. The average Bonchev–Trinajstić information content (AvgIpc) is 3.19. The van der Waals surface area contributed by atoms with Gasteiger partial charge >= 0.3 is 6.09 Å². The monoisotopic (exact) mass is 589 g/mol. The van der Waals surface area contributed by atoms with Crippen LogP contribution in [-0.2, 0) is 22.5 Å². The van der Waals surface area contributed by atoms with E-state index in [-0.39, 0.29) is 11.3 Å². The highest BCUT2D eigenvalue weighted by molar-refractivity contribution is 9.11. The molecule has 4 rings (SSSR count). The zero-order valence-corrected chi connectivity index (χ0v) is 25.2. The van der Waals surface area contributed by atoms with Gasteiger partial charge in [0.1, 0.15) is 5.60 Å². The van der Waals surface area contributed by atoms with Crippen LogP contribution in [0.5, 0.6) is 0 Å². The molecule has 0 saturated heterocycles. The highest BCUT2D eigenvalue weighted by Crippen LogP contribution is 2.40. The third-order valence-corrected chi connectivity index (χ3v) is 9.18. The van der Waals surface area contributed by atoms with Gasteiger partial charge in [-0.25, -0.2) is 4.79 Å². The molecule has 8 heteroatoms. The van der Waals surface area contributed by atoms with Gasteiger partial charge in [-0.3, -0.25) is 4.79 Å². The summed E-state index contributed by atoms with van der Waals surface area (Å²) in [5.41, 5.74) is 4.87. The molecule has 2 aliphatic rings. The Kier molecular flexibility index (Phi) is 8.58. The Morgan fingerprint density at radius 1 is 1.11 bits per heavy atom. The van der Waals surface area contributed by atoms with Gasteiger partial charge in [0.15, 0.2) is 0 Å². The minimum atomic E-state index is -0.542. The normalized spacial score (nSPS) is 17.2. The number of amides is 2.